The Balaban J connectivity index is 1.41. The van der Waals surface area contributed by atoms with E-state index in [1.54, 1.807) is 29.5 Å². The normalized spacial score (nSPS) is 16.0. The van der Waals surface area contributed by atoms with Crippen LogP contribution in [0.2, 0.25) is 10.0 Å². The highest BCUT2D eigenvalue weighted by Gasteiger charge is 2.19. The van der Waals surface area contributed by atoms with Crippen LogP contribution in [0.5, 0.6) is 0 Å². The van der Waals surface area contributed by atoms with E-state index < -0.39 is 0 Å². The van der Waals surface area contributed by atoms with E-state index in [0.29, 0.717) is 33.9 Å². The molecular formula is C17H17Cl2N5OS. The third kappa shape index (κ3) is 4.01. The smallest absolute Gasteiger partial charge is 0.249 e. The molecule has 0 bridgehead atoms. The zero-order valence-corrected chi connectivity index (χ0v) is 16.3. The molecular weight excluding hydrogens is 393 g/mol. The molecule has 9 heteroatoms. The van der Waals surface area contributed by atoms with Crippen LogP contribution in [0.25, 0.3) is 11.5 Å². The SMILES string of the molecule is Clc1ccc(-c2nnc(CN3CCCN(c4nccs4)CC3)o2)c(Cl)c1. The molecule has 0 aliphatic carbocycles. The second-order valence-electron chi connectivity index (χ2n) is 6.06. The molecule has 6 nitrogen and oxygen atoms in total. The average Bonchev–Trinajstić information content (AvgIpc) is 3.25. The van der Waals surface area contributed by atoms with Crippen LogP contribution in [-0.4, -0.2) is 46.3 Å². The minimum Gasteiger partial charge on any atom is -0.419 e. The summed E-state index contributed by atoms with van der Waals surface area (Å²) >= 11 is 13.8. The lowest BCUT2D eigenvalue weighted by Gasteiger charge is -2.20. The number of hydrogen-bond donors (Lipinski definition) is 0. The summed E-state index contributed by atoms with van der Waals surface area (Å²) in [6, 6.07) is 5.22. The number of rotatable bonds is 4. The lowest BCUT2D eigenvalue weighted by Crippen LogP contribution is -2.30. The van der Waals surface area contributed by atoms with Crippen LogP contribution in [0.4, 0.5) is 5.13 Å². The largest absolute Gasteiger partial charge is 0.419 e. The molecule has 4 rings (SSSR count). The lowest BCUT2D eigenvalue weighted by molar-refractivity contribution is 0.256. The van der Waals surface area contributed by atoms with Crippen molar-refractivity contribution in [3.63, 3.8) is 0 Å². The average molecular weight is 410 g/mol. The summed E-state index contributed by atoms with van der Waals surface area (Å²) in [7, 11) is 0. The fourth-order valence-electron chi connectivity index (χ4n) is 2.97. The summed E-state index contributed by atoms with van der Waals surface area (Å²) in [6.45, 7) is 4.50. The van der Waals surface area contributed by atoms with Crippen molar-refractivity contribution in [2.75, 3.05) is 31.1 Å². The maximum absolute atomic E-state index is 6.22. The van der Waals surface area contributed by atoms with Gasteiger partial charge in [0.25, 0.3) is 0 Å². The first kappa shape index (κ1) is 17.7. The molecule has 0 N–H and O–H groups in total. The van der Waals surface area contributed by atoms with E-state index >= 15 is 0 Å². The number of halogens is 2. The van der Waals surface area contributed by atoms with Crippen molar-refractivity contribution in [3.8, 4) is 11.5 Å². The Hall–Kier alpha value is -1.67. The lowest BCUT2D eigenvalue weighted by atomic mass is 10.2. The maximum atomic E-state index is 6.22. The zero-order chi connectivity index (χ0) is 17.9. The van der Waals surface area contributed by atoms with Crippen LogP contribution < -0.4 is 4.90 Å². The van der Waals surface area contributed by atoms with Crippen LogP contribution in [0, 0.1) is 0 Å². The molecule has 1 fully saturated rings. The Labute approximate surface area is 165 Å². The molecule has 1 saturated heterocycles. The van der Waals surface area contributed by atoms with E-state index in [1.165, 1.54) is 0 Å². The van der Waals surface area contributed by atoms with E-state index in [0.717, 1.165) is 37.7 Å². The third-order valence-corrected chi connectivity index (χ3v) is 5.65. The third-order valence-electron chi connectivity index (χ3n) is 4.27. The van der Waals surface area contributed by atoms with Crippen molar-refractivity contribution < 1.29 is 4.42 Å². The van der Waals surface area contributed by atoms with Crippen molar-refractivity contribution in [3.05, 3.63) is 45.7 Å². The number of aromatic nitrogens is 3. The summed E-state index contributed by atoms with van der Waals surface area (Å²) in [5, 5.41) is 12.5. The van der Waals surface area contributed by atoms with Crippen molar-refractivity contribution in [1.82, 2.24) is 20.1 Å². The van der Waals surface area contributed by atoms with Crippen LogP contribution in [-0.2, 0) is 6.54 Å². The van der Waals surface area contributed by atoms with Crippen LogP contribution in [0.3, 0.4) is 0 Å². The number of anilines is 1. The Kier molecular flexibility index (Phi) is 5.40. The van der Waals surface area contributed by atoms with E-state index in [-0.39, 0.29) is 0 Å². The van der Waals surface area contributed by atoms with E-state index in [9.17, 15) is 0 Å². The Morgan fingerprint density at radius 3 is 2.85 bits per heavy atom. The Morgan fingerprint density at radius 2 is 2.04 bits per heavy atom. The van der Waals surface area contributed by atoms with Gasteiger partial charge in [0.05, 0.1) is 17.1 Å². The fraction of sp³-hybridized carbons (Fsp3) is 0.353. The molecule has 3 heterocycles. The van der Waals surface area contributed by atoms with E-state index in [2.05, 4.69) is 25.0 Å². The summed E-state index contributed by atoms with van der Waals surface area (Å²) in [5.74, 6) is 1.01. The standard InChI is InChI=1S/C17H17Cl2N5OS/c18-12-2-3-13(14(19)10-12)16-22-21-15(25-16)11-23-5-1-6-24(8-7-23)17-20-4-9-26-17/h2-4,9-10H,1,5-8,11H2. The van der Waals surface area contributed by atoms with Crippen molar-refractivity contribution in [2.45, 2.75) is 13.0 Å². The molecule has 0 amide bonds. The van der Waals surface area contributed by atoms with Crippen LogP contribution in [0.15, 0.2) is 34.2 Å². The van der Waals surface area contributed by atoms with Crippen molar-refractivity contribution in [2.24, 2.45) is 0 Å². The first-order valence-electron chi connectivity index (χ1n) is 8.33. The molecule has 0 unspecified atom stereocenters. The van der Waals surface area contributed by atoms with Gasteiger partial charge in [-0.2, -0.15) is 0 Å². The van der Waals surface area contributed by atoms with Gasteiger partial charge in [-0.05, 0) is 24.6 Å². The fourth-order valence-corrected chi connectivity index (χ4v) is 4.16. The molecule has 1 aliphatic heterocycles. The van der Waals surface area contributed by atoms with Gasteiger partial charge in [0.15, 0.2) is 5.13 Å². The summed E-state index contributed by atoms with van der Waals surface area (Å²) in [6.07, 6.45) is 2.92. The summed E-state index contributed by atoms with van der Waals surface area (Å²) < 4.78 is 5.82. The minimum absolute atomic E-state index is 0.418. The predicted molar refractivity (Wildman–Crippen MR) is 104 cm³/mol. The summed E-state index contributed by atoms with van der Waals surface area (Å²) in [4.78, 5) is 9.06. The predicted octanol–water partition coefficient (Wildman–Crippen LogP) is 4.21. The molecule has 0 saturated carbocycles. The molecule has 0 spiro atoms. The van der Waals surface area contributed by atoms with Gasteiger partial charge in [-0.15, -0.1) is 21.5 Å². The van der Waals surface area contributed by atoms with Crippen LogP contribution in [0.1, 0.15) is 12.3 Å². The summed E-state index contributed by atoms with van der Waals surface area (Å²) in [5.41, 5.74) is 0.695. The van der Waals surface area contributed by atoms with Crippen molar-refractivity contribution in [1.29, 1.82) is 0 Å². The first-order valence-corrected chi connectivity index (χ1v) is 9.97. The molecule has 0 atom stereocenters. The highest BCUT2D eigenvalue weighted by atomic mass is 35.5. The van der Waals surface area contributed by atoms with Gasteiger partial charge in [-0.1, -0.05) is 23.2 Å². The van der Waals surface area contributed by atoms with Gasteiger partial charge in [-0.25, -0.2) is 4.98 Å². The van der Waals surface area contributed by atoms with E-state index in [4.69, 9.17) is 27.6 Å². The van der Waals surface area contributed by atoms with Gasteiger partial charge in [0.2, 0.25) is 11.8 Å². The van der Waals surface area contributed by atoms with Gasteiger partial charge in [0.1, 0.15) is 0 Å². The van der Waals surface area contributed by atoms with E-state index in [1.807, 2.05) is 11.6 Å². The van der Waals surface area contributed by atoms with Gasteiger partial charge in [0, 0.05) is 42.8 Å². The molecule has 26 heavy (non-hydrogen) atoms. The van der Waals surface area contributed by atoms with Crippen molar-refractivity contribution >= 4 is 39.7 Å². The first-order chi connectivity index (χ1) is 12.7. The maximum Gasteiger partial charge on any atom is 0.249 e. The molecule has 136 valence electrons. The highest BCUT2D eigenvalue weighted by Crippen LogP contribution is 2.29. The number of benzene rings is 1. The Morgan fingerprint density at radius 1 is 1.12 bits per heavy atom. The number of thiazole rings is 1. The molecule has 1 aliphatic rings. The zero-order valence-electron chi connectivity index (χ0n) is 13.9. The monoisotopic (exact) mass is 409 g/mol. The molecule has 2 aromatic heterocycles. The van der Waals surface area contributed by atoms with Gasteiger partial charge in [-0.3, -0.25) is 4.90 Å². The van der Waals surface area contributed by atoms with Crippen LogP contribution >= 0.6 is 34.5 Å². The molecule has 1 aromatic carbocycles. The topological polar surface area (TPSA) is 58.3 Å². The van der Waals surface area contributed by atoms with Gasteiger partial charge >= 0.3 is 0 Å². The molecule has 3 aromatic rings. The quantitative estimate of drug-likeness (QED) is 0.642. The Bertz CT molecular complexity index is 870. The minimum atomic E-state index is 0.418. The second kappa shape index (κ2) is 7.92. The second-order valence-corrected chi connectivity index (χ2v) is 7.77. The number of hydrogen-bond acceptors (Lipinski definition) is 7. The van der Waals surface area contributed by atoms with Gasteiger partial charge < -0.3 is 9.32 Å². The number of nitrogens with zero attached hydrogens (tertiary/aromatic N) is 5. The highest BCUT2D eigenvalue weighted by molar-refractivity contribution is 7.13. The molecule has 0 radical (unpaired) electrons.